The summed E-state index contributed by atoms with van der Waals surface area (Å²) < 4.78 is 0. The topological polar surface area (TPSA) is 63.1 Å². The third kappa shape index (κ3) is 2.50. The minimum Gasteiger partial charge on any atom is -0.478 e. The highest BCUT2D eigenvalue weighted by atomic mass is 32.1. The Hall–Kier alpha value is -1.75. The molecule has 4 nitrogen and oxygen atoms in total. The molecule has 0 unspecified atom stereocenters. The molecular weight excluding hydrogens is 236 g/mol. The third-order valence-electron chi connectivity index (χ3n) is 2.32. The highest BCUT2D eigenvalue weighted by Gasteiger charge is 2.10. The first kappa shape index (κ1) is 11.7. The summed E-state index contributed by atoms with van der Waals surface area (Å²) in [6.45, 7) is 4.19. The van der Waals surface area contributed by atoms with Gasteiger partial charge in [0.15, 0.2) is 0 Å². The van der Waals surface area contributed by atoms with Crippen molar-refractivity contribution in [2.45, 2.75) is 19.8 Å². The van der Waals surface area contributed by atoms with E-state index in [1.54, 1.807) is 17.4 Å². The van der Waals surface area contributed by atoms with Gasteiger partial charge in [0, 0.05) is 17.3 Å². The van der Waals surface area contributed by atoms with Crippen molar-refractivity contribution in [3.8, 4) is 10.7 Å². The second-order valence-electron chi connectivity index (χ2n) is 3.96. The molecule has 0 aliphatic heterocycles. The number of nitrogens with zero attached hydrogens (tertiary/aromatic N) is 2. The van der Waals surface area contributed by atoms with Crippen molar-refractivity contribution in [2.75, 3.05) is 0 Å². The van der Waals surface area contributed by atoms with Gasteiger partial charge in [-0.25, -0.2) is 9.78 Å². The van der Waals surface area contributed by atoms with Gasteiger partial charge in [-0.05, 0) is 18.1 Å². The number of aromatic nitrogens is 2. The van der Waals surface area contributed by atoms with E-state index in [4.69, 9.17) is 5.11 Å². The van der Waals surface area contributed by atoms with E-state index in [1.165, 1.54) is 17.1 Å². The van der Waals surface area contributed by atoms with E-state index in [-0.39, 0.29) is 5.56 Å². The first-order valence-electron chi connectivity index (χ1n) is 5.23. The number of rotatable bonds is 3. The number of aromatic carboxylic acids is 1. The summed E-state index contributed by atoms with van der Waals surface area (Å²) in [4.78, 5) is 20.4. The molecule has 0 spiro atoms. The van der Waals surface area contributed by atoms with Crippen molar-refractivity contribution in [2.24, 2.45) is 0 Å². The van der Waals surface area contributed by atoms with Crippen LogP contribution in [-0.2, 0) is 0 Å². The summed E-state index contributed by atoms with van der Waals surface area (Å²) in [5.41, 5.74) is 0.845. The van der Waals surface area contributed by atoms with Gasteiger partial charge in [0.2, 0.25) is 0 Å². The quantitative estimate of drug-likeness (QED) is 0.906. The van der Waals surface area contributed by atoms with Crippen molar-refractivity contribution in [3.63, 3.8) is 0 Å². The number of carboxylic acids is 1. The minimum absolute atomic E-state index is 0.233. The van der Waals surface area contributed by atoms with Gasteiger partial charge in [0.05, 0.1) is 11.3 Å². The van der Waals surface area contributed by atoms with Gasteiger partial charge < -0.3 is 5.11 Å². The molecule has 1 N–H and O–H groups in total. The van der Waals surface area contributed by atoms with E-state index in [1.807, 2.05) is 6.20 Å². The highest BCUT2D eigenvalue weighted by molar-refractivity contribution is 7.15. The Kier molecular flexibility index (Phi) is 3.19. The average Bonchev–Trinajstić information content (AvgIpc) is 2.78. The van der Waals surface area contributed by atoms with Crippen molar-refractivity contribution < 1.29 is 9.90 Å². The molecule has 5 heteroatoms. The van der Waals surface area contributed by atoms with Gasteiger partial charge in [0.25, 0.3) is 0 Å². The minimum atomic E-state index is -0.950. The van der Waals surface area contributed by atoms with Crippen LogP contribution >= 0.6 is 11.3 Å². The van der Waals surface area contributed by atoms with Gasteiger partial charge in [-0.3, -0.25) is 4.98 Å². The fourth-order valence-electron chi connectivity index (χ4n) is 1.35. The van der Waals surface area contributed by atoms with Crippen LogP contribution in [0.4, 0.5) is 0 Å². The predicted molar refractivity (Wildman–Crippen MR) is 66.4 cm³/mol. The number of hydrogen-bond acceptors (Lipinski definition) is 4. The number of carbonyl (C=O) groups is 1. The van der Waals surface area contributed by atoms with Crippen LogP contribution in [0.5, 0.6) is 0 Å². The first-order chi connectivity index (χ1) is 8.08. The van der Waals surface area contributed by atoms with Crippen molar-refractivity contribution in [3.05, 3.63) is 35.0 Å². The molecule has 0 radical (unpaired) electrons. The molecule has 0 atom stereocenters. The second kappa shape index (κ2) is 4.63. The van der Waals surface area contributed by atoms with Crippen LogP contribution < -0.4 is 0 Å². The lowest BCUT2D eigenvalue weighted by atomic mass is 10.2. The summed E-state index contributed by atoms with van der Waals surface area (Å²) in [7, 11) is 0. The predicted octanol–water partition coefficient (Wildman–Crippen LogP) is 3.03. The van der Waals surface area contributed by atoms with Crippen LogP contribution in [0.15, 0.2) is 24.5 Å². The van der Waals surface area contributed by atoms with Gasteiger partial charge in [0.1, 0.15) is 5.01 Å². The van der Waals surface area contributed by atoms with E-state index < -0.39 is 5.97 Å². The molecule has 0 aliphatic carbocycles. The van der Waals surface area contributed by atoms with Crippen molar-refractivity contribution in [1.29, 1.82) is 0 Å². The maximum atomic E-state index is 10.9. The Morgan fingerprint density at radius 3 is 2.76 bits per heavy atom. The molecule has 0 saturated carbocycles. The van der Waals surface area contributed by atoms with Gasteiger partial charge >= 0.3 is 5.97 Å². The lowest BCUT2D eigenvalue weighted by molar-refractivity contribution is 0.0697. The monoisotopic (exact) mass is 248 g/mol. The number of carboxylic acid groups (broad SMARTS) is 1. The van der Waals surface area contributed by atoms with Crippen LogP contribution in [0.3, 0.4) is 0 Å². The Morgan fingerprint density at radius 2 is 2.18 bits per heavy atom. The largest absolute Gasteiger partial charge is 0.478 e. The molecule has 2 heterocycles. The Bertz CT molecular complexity index is 549. The number of pyridine rings is 1. The molecule has 0 fully saturated rings. The Morgan fingerprint density at radius 1 is 1.41 bits per heavy atom. The molecular formula is C12H12N2O2S. The highest BCUT2D eigenvalue weighted by Crippen LogP contribution is 2.28. The van der Waals surface area contributed by atoms with Gasteiger partial charge in [-0.15, -0.1) is 11.3 Å². The lowest BCUT2D eigenvalue weighted by Crippen LogP contribution is -1.96. The third-order valence-corrected chi connectivity index (χ3v) is 3.64. The zero-order valence-corrected chi connectivity index (χ0v) is 10.4. The fraction of sp³-hybridized carbons (Fsp3) is 0.250. The Balaban J connectivity index is 2.38. The molecule has 2 aromatic heterocycles. The maximum absolute atomic E-state index is 10.9. The summed E-state index contributed by atoms with van der Waals surface area (Å²) in [6.07, 6.45) is 3.31. The Labute approximate surface area is 103 Å². The zero-order chi connectivity index (χ0) is 12.4. The van der Waals surface area contributed by atoms with Crippen molar-refractivity contribution in [1.82, 2.24) is 9.97 Å². The zero-order valence-electron chi connectivity index (χ0n) is 9.54. The van der Waals surface area contributed by atoms with E-state index in [2.05, 4.69) is 23.8 Å². The molecule has 0 bridgehead atoms. The van der Waals surface area contributed by atoms with E-state index in [0.717, 1.165) is 5.01 Å². The second-order valence-corrected chi connectivity index (χ2v) is 5.02. The summed E-state index contributed by atoms with van der Waals surface area (Å²) >= 11 is 1.55. The maximum Gasteiger partial charge on any atom is 0.335 e. The standard InChI is InChI=1S/C12H12N2O2S/c1-7(2)10-6-14-11(17-10)9-5-8(12(15)16)3-4-13-9/h3-7H,1-2H3,(H,15,16). The smallest absolute Gasteiger partial charge is 0.335 e. The molecule has 0 amide bonds. The SMILES string of the molecule is CC(C)c1cnc(-c2cc(C(=O)O)ccn2)s1. The van der Waals surface area contributed by atoms with Crippen LogP contribution in [0.2, 0.25) is 0 Å². The molecule has 17 heavy (non-hydrogen) atoms. The molecule has 2 aromatic rings. The van der Waals surface area contributed by atoms with Crippen LogP contribution in [-0.4, -0.2) is 21.0 Å². The first-order valence-corrected chi connectivity index (χ1v) is 6.05. The summed E-state index contributed by atoms with van der Waals surface area (Å²) in [6, 6.07) is 3.02. The van der Waals surface area contributed by atoms with Gasteiger partial charge in [-0.1, -0.05) is 13.8 Å². The summed E-state index contributed by atoms with van der Waals surface area (Å²) in [5.74, 6) is -0.529. The lowest BCUT2D eigenvalue weighted by Gasteiger charge is -1.98. The normalized spacial score (nSPS) is 10.8. The molecule has 0 aromatic carbocycles. The van der Waals surface area contributed by atoms with Crippen LogP contribution in [0, 0.1) is 0 Å². The van der Waals surface area contributed by atoms with Crippen LogP contribution in [0.1, 0.15) is 35.0 Å². The fourth-order valence-corrected chi connectivity index (χ4v) is 2.24. The molecule has 2 rings (SSSR count). The number of hydrogen-bond donors (Lipinski definition) is 1. The van der Waals surface area contributed by atoms with Crippen molar-refractivity contribution >= 4 is 17.3 Å². The molecule has 0 saturated heterocycles. The van der Waals surface area contributed by atoms with Gasteiger partial charge in [-0.2, -0.15) is 0 Å². The number of thiazole rings is 1. The average molecular weight is 248 g/mol. The summed E-state index contributed by atoms with van der Waals surface area (Å²) in [5, 5.41) is 9.67. The van der Waals surface area contributed by atoms with Crippen LogP contribution in [0.25, 0.3) is 10.7 Å². The van der Waals surface area contributed by atoms with E-state index >= 15 is 0 Å². The molecule has 88 valence electrons. The molecule has 0 aliphatic rings. The van der Waals surface area contributed by atoms with E-state index in [9.17, 15) is 4.79 Å². The van der Waals surface area contributed by atoms with E-state index in [0.29, 0.717) is 11.6 Å².